The molecule has 0 unspecified atom stereocenters. The highest BCUT2D eigenvalue weighted by molar-refractivity contribution is 9.10. The molecule has 30 heavy (non-hydrogen) atoms. The van der Waals surface area contributed by atoms with Crippen molar-refractivity contribution in [3.8, 4) is 23.0 Å². The van der Waals surface area contributed by atoms with Crippen LogP contribution in [-0.4, -0.2) is 38.7 Å². The topological polar surface area (TPSA) is 49.3 Å². The van der Waals surface area contributed by atoms with Gasteiger partial charge in [0, 0.05) is 28.7 Å². The summed E-state index contributed by atoms with van der Waals surface area (Å²) in [5, 5.41) is 0. The van der Waals surface area contributed by atoms with Gasteiger partial charge in [-0.15, -0.1) is 0 Å². The van der Waals surface area contributed by atoms with E-state index in [1.807, 2.05) is 39.8 Å². The first-order chi connectivity index (χ1) is 14.6. The fourth-order valence-electron chi connectivity index (χ4n) is 3.59. The number of ether oxygens (including phenoxy) is 4. The van der Waals surface area contributed by atoms with E-state index in [0.29, 0.717) is 32.8 Å². The molecule has 0 saturated carbocycles. The Labute approximate surface area is 187 Å². The zero-order valence-corrected chi connectivity index (χ0v) is 19.8. The van der Waals surface area contributed by atoms with Crippen molar-refractivity contribution in [1.29, 1.82) is 0 Å². The molecule has 0 bridgehead atoms. The second-order valence-electron chi connectivity index (χ2n) is 6.83. The Balaban J connectivity index is 1.96. The smallest absolute Gasteiger partial charge is 0.162 e. The van der Waals surface area contributed by atoms with Gasteiger partial charge in [0.1, 0.15) is 0 Å². The fraction of sp³-hybridized carbons (Fsp3) is 0.458. The number of fused-ring (bicyclic) bond motifs is 1. The first-order valence-corrected chi connectivity index (χ1v) is 11.4. The molecular formula is C24H30BrNO4. The maximum Gasteiger partial charge on any atom is 0.162 e. The molecule has 1 aliphatic heterocycles. The van der Waals surface area contributed by atoms with Crippen molar-refractivity contribution in [2.45, 2.75) is 40.5 Å². The predicted molar refractivity (Wildman–Crippen MR) is 124 cm³/mol. The van der Waals surface area contributed by atoms with Crippen LogP contribution in [0.5, 0.6) is 23.0 Å². The van der Waals surface area contributed by atoms with Crippen LogP contribution in [0, 0.1) is 0 Å². The normalized spacial score (nSPS) is 12.8. The van der Waals surface area contributed by atoms with Gasteiger partial charge in [-0.3, -0.25) is 4.99 Å². The lowest BCUT2D eigenvalue weighted by Crippen LogP contribution is -2.16. The molecule has 0 aliphatic carbocycles. The molecule has 0 saturated heterocycles. The predicted octanol–water partition coefficient (Wildman–Crippen LogP) is 5.63. The van der Waals surface area contributed by atoms with Gasteiger partial charge in [-0.25, -0.2) is 0 Å². The van der Waals surface area contributed by atoms with Crippen molar-refractivity contribution in [3.63, 3.8) is 0 Å². The zero-order valence-electron chi connectivity index (χ0n) is 18.2. The number of rotatable bonds is 10. The standard InChI is InChI=1S/C24H30BrNO4/c1-5-27-21-12-16-9-10-26-20(18(16)14-23(21)29-7-3)11-17-13-22(28-6-2)24(30-8-4)15-19(17)25/h12-15H,5-11H2,1-4H3. The number of hydrogen-bond donors (Lipinski definition) is 0. The molecule has 2 aromatic rings. The van der Waals surface area contributed by atoms with E-state index in [4.69, 9.17) is 23.9 Å². The van der Waals surface area contributed by atoms with Gasteiger partial charge in [-0.05, 0) is 69.5 Å². The lowest BCUT2D eigenvalue weighted by atomic mass is 9.93. The zero-order chi connectivity index (χ0) is 21.5. The van der Waals surface area contributed by atoms with Gasteiger partial charge in [0.15, 0.2) is 23.0 Å². The van der Waals surface area contributed by atoms with Gasteiger partial charge >= 0.3 is 0 Å². The number of hydrogen-bond acceptors (Lipinski definition) is 5. The maximum atomic E-state index is 5.85. The monoisotopic (exact) mass is 475 g/mol. The molecule has 0 N–H and O–H groups in total. The Kier molecular flexibility index (Phi) is 8.02. The van der Waals surface area contributed by atoms with Gasteiger partial charge in [0.05, 0.1) is 26.4 Å². The molecule has 2 aromatic carbocycles. The maximum absolute atomic E-state index is 5.85. The third kappa shape index (κ3) is 5.09. The highest BCUT2D eigenvalue weighted by Gasteiger charge is 2.21. The highest BCUT2D eigenvalue weighted by atomic mass is 79.9. The minimum absolute atomic E-state index is 0.586. The highest BCUT2D eigenvalue weighted by Crippen LogP contribution is 2.37. The van der Waals surface area contributed by atoms with E-state index in [1.54, 1.807) is 0 Å². The van der Waals surface area contributed by atoms with E-state index in [0.717, 1.165) is 57.3 Å². The van der Waals surface area contributed by atoms with Crippen LogP contribution in [0.25, 0.3) is 0 Å². The van der Waals surface area contributed by atoms with Crippen molar-refractivity contribution in [1.82, 2.24) is 0 Å². The van der Waals surface area contributed by atoms with Crippen LogP contribution in [0.15, 0.2) is 33.7 Å². The SMILES string of the molecule is CCOc1cc(Br)c(CC2=NCCc3cc(OCC)c(OCC)cc32)cc1OCC. The Morgan fingerprint density at radius 3 is 1.90 bits per heavy atom. The molecule has 0 aromatic heterocycles. The summed E-state index contributed by atoms with van der Waals surface area (Å²) in [6.07, 6.45) is 1.60. The Morgan fingerprint density at radius 2 is 1.30 bits per heavy atom. The first-order valence-electron chi connectivity index (χ1n) is 10.6. The minimum Gasteiger partial charge on any atom is -0.490 e. The molecule has 0 atom stereocenters. The van der Waals surface area contributed by atoms with Crippen LogP contribution >= 0.6 is 15.9 Å². The van der Waals surface area contributed by atoms with Crippen molar-refractivity contribution >= 4 is 21.6 Å². The average molecular weight is 476 g/mol. The van der Waals surface area contributed by atoms with Crippen LogP contribution in [0.3, 0.4) is 0 Å². The summed E-state index contributed by atoms with van der Waals surface area (Å²) in [6, 6.07) is 8.22. The Hall–Kier alpha value is -2.21. The van der Waals surface area contributed by atoms with E-state index >= 15 is 0 Å². The summed E-state index contributed by atoms with van der Waals surface area (Å²) in [4.78, 5) is 4.85. The second-order valence-corrected chi connectivity index (χ2v) is 7.69. The van der Waals surface area contributed by atoms with Gasteiger partial charge in [0.2, 0.25) is 0 Å². The quantitative estimate of drug-likeness (QED) is 0.446. The summed E-state index contributed by atoms with van der Waals surface area (Å²) in [7, 11) is 0. The van der Waals surface area contributed by atoms with Gasteiger partial charge < -0.3 is 18.9 Å². The lowest BCUT2D eigenvalue weighted by Gasteiger charge is -2.21. The lowest BCUT2D eigenvalue weighted by molar-refractivity contribution is 0.287. The summed E-state index contributed by atoms with van der Waals surface area (Å²) in [5.41, 5.74) is 4.54. The molecule has 0 amide bonds. The van der Waals surface area contributed by atoms with E-state index in [1.165, 1.54) is 5.56 Å². The molecule has 1 heterocycles. The van der Waals surface area contributed by atoms with E-state index in [-0.39, 0.29) is 0 Å². The number of halogens is 1. The molecule has 162 valence electrons. The molecule has 0 radical (unpaired) electrons. The second kappa shape index (κ2) is 10.7. The number of nitrogens with zero attached hydrogens (tertiary/aromatic N) is 1. The Morgan fingerprint density at radius 1 is 0.767 bits per heavy atom. The molecule has 1 aliphatic rings. The van der Waals surface area contributed by atoms with Crippen LogP contribution in [0.1, 0.15) is 44.4 Å². The number of aliphatic imine (C=N–C) groups is 1. The molecule has 3 rings (SSSR count). The summed E-state index contributed by atoms with van der Waals surface area (Å²) in [5.74, 6) is 3.09. The van der Waals surface area contributed by atoms with Crippen LogP contribution in [0.2, 0.25) is 0 Å². The first kappa shape index (κ1) is 22.5. The van der Waals surface area contributed by atoms with Crippen molar-refractivity contribution in [2.24, 2.45) is 4.99 Å². The van der Waals surface area contributed by atoms with Crippen molar-refractivity contribution in [3.05, 3.63) is 45.4 Å². The van der Waals surface area contributed by atoms with Gasteiger partial charge in [-0.1, -0.05) is 15.9 Å². The summed E-state index contributed by atoms with van der Waals surface area (Å²) >= 11 is 3.71. The van der Waals surface area contributed by atoms with E-state index in [9.17, 15) is 0 Å². The molecule has 6 heteroatoms. The van der Waals surface area contributed by atoms with Crippen LogP contribution in [-0.2, 0) is 12.8 Å². The van der Waals surface area contributed by atoms with Crippen LogP contribution in [0.4, 0.5) is 0 Å². The summed E-state index contributed by atoms with van der Waals surface area (Å²) < 4.78 is 24.2. The summed E-state index contributed by atoms with van der Waals surface area (Å²) in [6.45, 7) is 11.1. The minimum atomic E-state index is 0.586. The van der Waals surface area contributed by atoms with Crippen molar-refractivity contribution < 1.29 is 18.9 Å². The fourth-order valence-corrected chi connectivity index (χ4v) is 4.05. The third-order valence-corrected chi connectivity index (χ3v) is 5.57. The van der Waals surface area contributed by atoms with Gasteiger partial charge in [0.25, 0.3) is 0 Å². The van der Waals surface area contributed by atoms with Crippen LogP contribution < -0.4 is 18.9 Å². The molecule has 0 fully saturated rings. The molecular weight excluding hydrogens is 446 g/mol. The molecule has 0 spiro atoms. The number of benzene rings is 2. The largest absolute Gasteiger partial charge is 0.490 e. The Bertz CT molecular complexity index is 911. The molecule has 5 nitrogen and oxygen atoms in total. The van der Waals surface area contributed by atoms with E-state index < -0.39 is 0 Å². The van der Waals surface area contributed by atoms with Gasteiger partial charge in [-0.2, -0.15) is 0 Å². The van der Waals surface area contributed by atoms with E-state index in [2.05, 4.69) is 28.1 Å². The van der Waals surface area contributed by atoms with Crippen molar-refractivity contribution in [2.75, 3.05) is 33.0 Å². The average Bonchev–Trinajstić information content (AvgIpc) is 2.73. The third-order valence-electron chi connectivity index (χ3n) is 4.83.